The van der Waals surface area contributed by atoms with Crippen LogP contribution in [0.1, 0.15) is 25.2 Å². The van der Waals surface area contributed by atoms with E-state index in [1.165, 1.54) is 0 Å². The summed E-state index contributed by atoms with van der Waals surface area (Å²) in [6, 6.07) is 5.43. The van der Waals surface area contributed by atoms with Crippen molar-refractivity contribution in [2.24, 2.45) is 0 Å². The van der Waals surface area contributed by atoms with Crippen molar-refractivity contribution < 1.29 is 9.21 Å². The first-order chi connectivity index (χ1) is 9.22. The van der Waals surface area contributed by atoms with Crippen molar-refractivity contribution in [3.63, 3.8) is 0 Å². The molecule has 1 aliphatic heterocycles. The number of benzene rings is 1. The lowest BCUT2D eigenvalue weighted by Gasteiger charge is -2.22. The molecule has 0 saturated carbocycles. The second-order valence-electron chi connectivity index (χ2n) is 4.91. The number of nitrogens with one attached hydrogen (secondary N) is 2. The normalized spacial score (nSPS) is 17.7. The largest absolute Gasteiger partial charge is 0.441 e. The fourth-order valence-electron chi connectivity index (χ4n) is 2.43. The first-order valence-corrected chi connectivity index (χ1v) is 6.64. The molecule has 2 aromatic rings. The lowest BCUT2D eigenvalue weighted by molar-refractivity contribution is -0.118. The van der Waals surface area contributed by atoms with Crippen molar-refractivity contribution in [3.05, 3.63) is 24.1 Å². The first kappa shape index (κ1) is 17.8. The van der Waals surface area contributed by atoms with E-state index in [2.05, 4.69) is 15.6 Å². The summed E-state index contributed by atoms with van der Waals surface area (Å²) < 4.78 is 5.41. The first-order valence-electron chi connectivity index (χ1n) is 6.64. The minimum Gasteiger partial charge on any atom is -0.441 e. The molecule has 1 saturated heterocycles. The predicted molar refractivity (Wildman–Crippen MR) is 87.5 cm³/mol. The Bertz CT molecular complexity index is 609. The maximum Gasteiger partial charge on any atom is 0.241 e. The lowest BCUT2D eigenvalue weighted by Crippen LogP contribution is -2.43. The molecule has 1 fully saturated rings. The molecule has 1 aromatic heterocycles. The Morgan fingerprint density at radius 3 is 2.90 bits per heavy atom. The van der Waals surface area contributed by atoms with E-state index < -0.39 is 0 Å². The number of hydrogen-bond donors (Lipinski definition) is 2. The van der Waals surface area contributed by atoms with Crippen LogP contribution in [0.15, 0.2) is 22.6 Å². The number of rotatable bonds is 2. The van der Waals surface area contributed by atoms with Gasteiger partial charge in [-0.1, -0.05) is 6.42 Å². The molecule has 2 N–H and O–H groups in total. The Hall–Kier alpha value is -1.30. The van der Waals surface area contributed by atoms with Gasteiger partial charge in [0.25, 0.3) is 0 Å². The third-order valence-corrected chi connectivity index (χ3v) is 3.39. The second kappa shape index (κ2) is 7.64. The number of oxazole rings is 1. The Morgan fingerprint density at radius 2 is 2.19 bits per heavy atom. The Morgan fingerprint density at radius 1 is 1.38 bits per heavy atom. The minimum absolute atomic E-state index is 0. The van der Waals surface area contributed by atoms with Gasteiger partial charge in [-0.25, -0.2) is 4.98 Å². The molecule has 1 amide bonds. The fraction of sp³-hybridized carbons (Fsp3) is 0.429. The summed E-state index contributed by atoms with van der Waals surface area (Å²) in [4.78, 5) is 16.4. The average molecular weight is 332 g/mol. The Balaban J connectivity index is 0.00000110. The molecule has 0 radical (unpaired) electrons. The molecule has 2 heterocycles. The molecular weight excluding hydrogens is 313 g/mol. The molecule has 1 aliphatic rings. The number of aryl methyl sites for hydroxylation is 1. The van der Waals surface area contributed by atoms with Crippen LogP contribution in [-0.2, 0) is 4.79 Å². The molecule has 0 unspecified atom stereocenters. The Labute approximate surface area is 135 Å². The van der Waals surface area contributed by atoms with Crippen LogP contribution < -0.4 is 10.6 Å². The predicted octanol–water partition coefficient (Wildman–Crippen LogP) is 3.06. The molecule has 1 aromatic carbocycles. The third-order valence-electron chi connectivity index (χ3n) is 3.39. The van der Waals surface area contributed by atoms with E-state index in [-0.39, 0.29) is 36.8 Å². The average Bonchev–Trinajstić information content (AvgIpc) is 2.79. The summed E-state index contributed by atoms with van der Waals surface area (Å²) in [5, 5.41) is 6.16. The van der Waals surface area contributed by atoms with Crippen molar-refractivity contribution in [1.29, 1.82) is 0 Å². The van der Waals surface area contributed by atoms with E-state index in [4.69, 9.17) is 4.42 Å². The summed E-state index contributed by atoms with van der Waals surface area (Å²) in [7, 11) is 0. The summed E-state index contributed by atoms with van der Waals surface area (Å²) in [6.45, 7) is 2.73. The number of piperidine rings is 1. The van der Waals surface area contributed by atoms with Gasteiger partial charge in [0.05, 0.1) is 6.04 Å². The van der Waals surface area contributed by atoms with Crippen molar-refractivity contribution in [2.75, 3.05) is 11.9 Å². The maximum absolute atomic E-state index is 12.1. The van der Waals surface area contributed by atoms with E-state index in [0.717, 1.165) is 42.6 Å². The Kier molecular flexibility index (Phi) is 6.45. The van der Waals surface area contributed by atoms with E-state index in [1.807, 2.05) is 25.1 Å². The number of nitrogens with zero attached hydrogens (tertiary/aromatic N) is 1. The molecule has 5 nitrogen and oxygen atoms in total. The molecule has 7 heteroatoms. The van der Waals surface area contributed by atoms with Gasteiger partial charge in [-0.15, -0.1) is 24.8 Å². The fourth-order valence-corrected chi connectivity index (χ4v) is 2.43. The van der Waals surface area contributed by atoms with Crippen LogP contribution in [0.3, 0.4) is 0 Å². The number of aromatic nitrogens is 1. The van der Waals surface area contributed by atoms with Gasteiger partial charge in [0.2, 0.25) is 5.91 Å². The molecule has 0 spiro atoms. The second-order valence-corrected chi connectivity index (χ2v) is 4.91. The summed E-state index contributed by atoms with van der Waals surface area (Å²) in [5.41, 5.74) is 2.27. The van der Waals surface area contributed by atoms with Gasteiger partial charge >= 0.3 is 0 Å². The summed E-state index contributed by atoms with van der Waals surface area (Å²) in [6.07, 6.45) is 3.15. The lowest BCUT2D eigenvalue weighted by atomic mass is 10.0. The number of carbonyl (C=O) groups excluding carboxylic acids is 1. The van der Waals surface area contributed by atoms with Crippen LogP contribution in [0, 0.1) is 6.92 Å². The molecular formula is C14H19Cl2N3O2. The van der Waals surface area contributed by atoms with Crippen LogP contribution >= 0.6 is 24.8 Å². The highest BCUT2D eigenvalue weighted by atomic mass is 35.5. The van der Waals surface area contributed by atoms with E-state index >= 15 is 0 Å². The SMILES string of the molecule is Cc1nc2cc(NC(=O)[C@@H]3CCCCN3)ccc2o1.Cl.Cl. The standard InChI is InChI=1S/C14H17N3O2.2ClH/c1-9-16-12-8-10(5-6-13(12)19-9)17-14(18)11-4-2-3-7-15-11;;/h5-6,8,11,15H,2-4,7H2,1H3,(H,17,18);2*1H/t11-;;/m0../s1. The topological polar surface area (TPSA) is 67.2 Å². The maximum atomic E-state index is 12.1. The zero-order chi connectivity index (χ0) is 13.2. The van der Waals surface area contributed by atoms with E-state index in [0.29, 0.717) is 5.89 Å². The van der Waals surface area contributed by atoms with Crippen molar-refractivity contribution in [2.45, 2.75) is 32.2 Å². The van der Waals surface area contributed by atoms with Gasteiger partial charge in [0, 0.05) is 12.6 Å². The van der Waals surface area contributed by atoms with Crippen LogP contribution in [0.25, 0.3) is 11.1 Å². The van der Waals surface area contributed by atoms with Gasteiger partial charge in [-0.2, -0.15) is 0 Å². The van der Waals surface area contributed by atoms with Crippen molar-refractivity contribution in [3.8, 4) is 0 Å². The monoisotopic (exact) mass is 331 g/mol. The number of anilines is 1. The molecule has 3 rings (SSSR count). The number of amides is 1. The van der Waals surface area contributed by atoms with Crippen LogP contribution in [0.2, 0.25) is 0 Å². The molecule has 21 heavy (non-hydrogen) atoms. The van der Waals surface area contributed by atoms with Gasteiger partial charge in [0.15, 0.2) is 11.5 Å². The third kappa shape index (κ3) is 4.09. The summed E-state index contributed by atoms with van der Waals surface area (Å²) in [5.74, 6) is 0.659. The highest BCUT2D eigenvalue weighted by molar-refractivity contribution is 5.96. The van der Waals surface area contributed by atoms with Gasteiger partial charge < -0.3 is 15.1 Å². The van der Waals surface area contributed by atoms with E-state index in [1.54, 1.807) is 0 Å². The zero-order valence-corrected chi connectivity index (χ0v) is 13.4. The van der Waals surface area contributed by atoms with Crippen LogP contribution in [-0.4, -0.2) is 23.5 Å². The smallest absolute Gasteiger partial charge is 0.241 e. The number of hydrogen-bond acceptors (Lipinski definition) is 4. The number of carbonyl (C=O) groups is 1. The van der Waals surface area contributed by atoms with Gasteiger partial charge in [-0.05, 0) is 37.6 Å². The molecule has 0 bridgehead atoms. The minimum atomic E-state index is -0.0801. The van der Waals surface area contributed by atoms with Crippen molar-refractivity contribution >= 4 is 47.5 Å². The highest BCUT2D eigenvalue weighted by Crippen LogP contribution is 2.20. The number of halogens is 2. The van der Waals surface area contributed by atoms with Crippen LogP contribution in [0.4, 0.5) is 5.69 Å². The molecule has 0 aliphatic carbocycles. The van der Waals surface area contributed by atoms with Gasteiger partial charge in [-0.3, -0.25) is 4.79 Å². The number of fused-ring (bicyclic) bond motifs is 1. The van der Waals surface area contributed by atoms with Crippen LogP contribution in [0.5, 0.6) is 0 Å². The zero-order valence-electron chi connectivity index (χ0n) is 11.7. The molecule has 1 atom stereocenters. The van der Waals surface area contributed by atoms with Crippen molar-refractivity contribution in [1.82, 2.24) is 10.3 Å². The van der Waals surface area contributed by atoms with E-state index in [9.17, 15) is 4.79 Å². The molecule has 116 valence electrons. The quantitative estimate of drug-likeness (QED) is 0.887. The van der Waals surface area contributed by atoms with Gasteiger partial charge in [0.1, 0.15) is 5.52 Å². The summed E-state index contributed by atoms with van der Waals surface area (Å²) >= 11 is 0. The highest BCUT2D eigenvalue weighted by Gasteiger charge is 2.20.